The molecule has 0 fully saturated rings. The minimum Gasteiger partial charge on any atom is -0.469 e. The fourth-order valence-electron chi connectivity index (χ4n) is 2.71. The molecular formula is C18H28O7. The molecule has 4 atom stereocenters. The van der Waals surface area contributed by atoms with E-state index in [9.17, 15) is 4.79 Å². The van der Waals surface area contributed by atoms with E-state index in [0.29, 0.717) is 6.42 Å². The van der Waals surface area contributed by atoms with Gasteiger partial charge in [0.15, 0.2) is 0 Å². The highest BCUT2D eigenvalue weighted by Crippen LogP contribution is 2.29. The van der Waals surface area contributed by atoms with E-state index >= 15 is 0 Å². The lowest BCUT2D eigenvalue weighted by Gasteiger charge is -2.33. The lowest BCUT2D eigenvalue weighted by Crippen LogP contribution is -2.38. The molecule has 0 aromatic carbocycles. The zero-order valence-electron chi connectivity index (χ0n) is 15.1. The van der Waals surface area contributed by atoms with Crippen LogP contribution in [0.15, 0.2) is 24.3 Å². The van der Waals surface area contributed by atoms with E-state index in [2.05, 4.69) is 17.7 Å². The average Bonchev–Trinajstić information content (AvgIpc) is 2.65. The number of ether oxygens (including phenoxy) is 2. The van der Waals surface area contributed by atoms with Crippen molar-refractivity contribution in [1.82, 2.24) is 0 Å². The third-order valence-corrected chi connectivity index (χ3v) is 4.25. The second kappa shape index (κ2) is 10.0. The minimum atomic E-state index is -0.948. The van der Waals surface area contributed by atoms with Gasteiger partial charge in [-0.15, -0.1) is 0 Å². The quantitative estimate of drug-likeness (QED) is 0.357. The van der Waals surface area contributed by atoms with E-state index in [4.69, 9.17) is 24.3 Å². The predicted octanol–water partition coefficient (Wildman–Crippen LogP) is 3.00. The third kappa shape index (κ3) is 6.20. The SMILES string of the molecule is CCC[C@H]1C=C[C@@H](CCC[C@@]2(OC)C=C[C@@H](CC(=O)OC)OO2)OO1. The summed E-state index contributed by atoms with van der Waals surface area (Å²) >= 11 is 0. The summed E-state index contributed by atoms with van der Waals surface area (Å²) in [7, 11) is 2.90. The number of rotatable bonds is 9. The van der Waals surface area contributed by atoms with Crippen molar-refractivity contribution < 1.29 is 33.8 Å². The predicted molar refractivity (Wildman–Crippen MR) is 89.1 cm³/mol. The lowest BCUT2D eigenvalue weighted by molar-refractivity contribution is -0.428. The van der Waals surface area contributed by atoms with Gasteiger partial charge < -0.3 is 9.47 Å². The number of methoxy groups -OCH3 is 2. The molecule has 2 aliphatic heterocycles. The Morgan fingerprint density at radius 2 is 1.76 bits per heavy atom. The fourth-order valence-corrected chi connectivity index (χ4v) is 2.71. The minimum absolute atomic E-state index is 0.0522. The van der Waals surface area contributed by atoms with Gasteiger partial charge in [0.1, 0.15) is 18.3 Å². The van der Waals surface area contributed by atoms with Gasteiger partial charge in [0.05, 0.1) is 13.5 Å². The summed E-state index contributed by atoms with van der Waals surface area (Å²) in [4.78, 5) is 32.7. The molecule has 0 bridgehead atoms. The molecule has 0 spiro atoms. The zero-order chi connectivity index (χ0) is 18.1. The van der Waals surface area contributed by atoms with Gasteiger partial charge >= 0.3 is 5.97 Å². The Hall–Kier alpha value is -1.25. The van der Waals surface area contributed by atoms with Crippen LogP contribution in [-0.4, -0.2) is 44.3 Å². The number of carbonyl (C=O) groups is 1. The third-order valence-electron chi connectivity index (χ3n) is 4.25. The standard InChI is InChI=1S/C18H28O7/c1-4-6-14-8-9-15(23-22-14)7-5-11-18(21-3)12-10-16(24-25-18)13-17(19)20-2/h8-10,12,14-16H,4-7,11,13H2,1-3H3/t14-,15+,16-,18-/m0/s1. The highest BCUT2D eigenvalue weighted by molar-refractivity contribution is 5.70. The first-order valence-electron chi connectivity index (χ1n) is 8.77. The maximum Gasteiger partial charge on any atom is 0.308 e. The summed E-state index contributed by atoms with van der Waals surface area (Å²) in [6.07, 6.45) is 11.5. The molecule has 2 rings (SSSR count). The summed E-state index contributed by atoms with van der Waals surface area (Å²) < 4.78 is 10.1. The van der Waals surface area contributed by atoms with Crippen LogP contribution in [0.3, 0.4) is 0 Å². The van der Waals surface area contributed by atoms with Gasteiger partial charge in [0.2, 0.25) is 5.79 Å². The molecule has 0 saturated heterocycles. The monoisotopic (exact) mass is 356 g/mol. The Morgan fingerprint density at radius 3 is 2.28 bits per heavy atom. The number of hydrogen-bond acceptors (Lipinski definition) is 7. The molecule has 0 saturated carbocycles. The number of esters is 1. The van der Waals surface area contributed by atoms with Crippen molar-refractivity contribution in [2.75, 3.05) is 14.2 Å². The second-order valence-corrected chi connectivity index (χ2v) is 6.21. The van der Waals surface area contributed by atoms with E-state index in [1.165, 1.54) is 7.11 Å². The molecule has 0 aliphatic carbocycles. The fraction of sp³-hybridized carbons (Fsp3) is 0.722. The Kier molecular flexibility index (Phi) is 8.05. The molecule has 0 amide bonds. The smallest absolute Gasteiger partial charge is 0.308 e. The van der Waals surface area contributed by atoms with E-state index in [1.807, 2.05) is 6.08 Å². The first kappa shape index (κ1) is 20.1. The van der Waals surface area contributed by atoms with E-state index in [0.717, 1.165) is 25.7 Å². The molecule has 0 aromatic heterocycles. The highest BCUT2D eigenvalue weighted by atomic mass is 17.2. The van der Waals surface area contributed by atoms with Gasteiger partial charge in [-0.3, -0.25) is 4.79 Å². The van der Waals surface area contributed by atoms with Gasteiger partial charge in [-0.05, 0) is 25.3 Å². The summed E-state index contributed by atoms with van der Waals surface area (Å²) in [6.45, 7) is 2.11. The first-order valence-corrected chi connectivity index (χ1v) is 8.77. The Balaban J connectivity index is 1.76. The summed E-state index contributed by atoms with van der Waals surface area (Å²) in [5, 5.41) is 0. The second-order valence-electron chi connectivity index (χ2n) is 6.21. The van der Waals surface area contributed by atoms with E-state index in [-0.39, 0.29) is 24.6 Å². The maximum absolute atomic E-state index is 11.3. The molecule has 142 valence electrons. The van der Waals surface area contributed by atoms with Crippen molar-refractivity contribution in [2.45, 2.75) is 69.5 Å². The topological polar surface area (TPSA) is 72.5 Å². The van der Waals surface area contributed by atoms with Crippen molar-refractivity contribution in [3.63, 3.8) is 0 Å². The van der Waals surface area contributed by atoms with Crippen LogP contribution in [0.25, 0.3) is 0 Å². The zero-order valence-corrected chi connectivity index (χ0v) is 15.1. The normalized spacial score (nSPS) is 31.9. The van der Waals surface area contributed by atoms with Crippen LogP contribution in [0.1, 0.15) is 45.4 Å². The van der Waals surface area contributed by atoms with Crippen LogP contribution in [0.5, 0.6) is 0 Å². The Bertz CT molecular complexity index is 476. The van der Waals surface area contributed by atoms with Crippen LogP contribution in [0, 0.1) is 0 Å². The molecule has 0 aromatic rings. The van der Waals surface area contributed by atoms with Crippen LogP contribution in [0.4, 0.5) is 0 Å². The molecule has 7 nitrogen and oxygen atoms in total. The van der Waals surface area contributed by atoms with Gasteiger partial charge in [0.25, 0.3) is 0 Å². The molecule has 2 heterocycles. The van der Waals surface area contributed by atoms with Gasteiger partial charge in [-0.2, -0.15) is 4.89 Å². The molecular weight excluding hydrogens is 328 g/mol. The lowest BCUT2D eigenvalue weighted by atomic mass is 10.0. The Labute approximate surface area is 148 Å². The Morgan fingerprint density at radius 1 is 1.04 bits per heavy atom. The van der Waals surface area contributed by atoms with E-state index < -0.39 is 11.9 Å². The van der Waals surface area contributed by atoms with Crippen molar-refractivity contribution >= 4 is 5.97 Å². The molecule has 0 N–H and O–H groups in total. The molecule has 2 aliphatic rings. The van der Waals surface area contributed by atoms with Gasteiger partial charge in [0, 0.05) is 13.5 Å². The van der Waals surface area contributed by atoms with Crippen molar-refractivity contribution in [3.05, 3.63) is 24.3 Å². The van der Waals surface area contributed by atoms with Gasteiger partial charge in [-0.1, -0.05) is 31.6 Å². The van der Waals surface area contributed by atoms with Gasteiger partial charge in [-0.25, -0.2) is 14.7 Å². The van der Waals surface area contributed by atoms with Crippen LogP contribution < -0.4 is 0 Å². The van der Waals surface area contributed by atoms with Crippen LogP contribution in [0.2, 0.25) is 0 Å². The largest absolute Gasteiger partial charge is 0.469 e. The molecule has 0 radical (unpaired) electrons. The molecule has 7 heteroatoms. The van der Waals surface area contributed by atoms with Crippen molar-refractivity contribution in [2.24, 2.45) is 0 Å². The number of carbonyl (C=O) groups excluding carboxylic acids is 1. The summed E-state index contributed by atoms with van der Waals surface area (Å²) in [6, 6.07) is 0. The van der Waals surface area contributed by atoms with Crippen molar-refractivity contribution in [1.29, 1.82) is 0 Å². The van der Waals surface area contributed by atoms with Crippen molar-refractivity contribution in [3.8, 4) is 0 Å². The first-order chi connectivity index (χ1) is 12.1. The average molecular weight is 356 g/mol. The van der Waals surface area contributed by atoms with Crippen LogP contribution >= 0.6 is 0 Å². The molecule has 0 unspecified atom stereocenters. The summed E-state index contributed by atoms with van der Waals surface area (Å²) in [5.74, 6) is -1.30. The van der Waals surface area contributed by atoms with Crippen LogP contribution in [-0.2, 0) is 33.8 Å². The van der Waals surface area contributed by atoms with E-state index in [1.54, 1.807) is 19.3 Å². The molecule has 25 heavy (non-hydrogen) atoms. The highest BCUT2D eigenvalue weighted by Gasteiger charge is 2.34. The number of hydrogen-bond donors (Lipinski definition) is 0. The summed E-state index contributed by atoms with van der Waals surface area (Å²) in [5.41, 5.74) is 0. The maximum atomic E-state index is 11.3.